The molecule has 6 nitrogen and oxygen atoms in total. The lowest BCUT2D eigenvalue weighted by molar-refractivity contribution is 0.178. The Hall–Kier alpha value is -3.16. The molecule has 0 bridgehead atoms. The molecule has 2 N–H and O–H groups in total. The number of H-pyrrole nitrogens is 1. The number of carbonyl (C=O) groups is 1. The van der Waals surface area contributed by atoms with E-state index in [1.807, 2.05) is 22.1 Å². The third-order valence-corrected chi connectivity index (χ3v) is 6.47. The van der Waals surface area contributed by atoms with E-state index < -0.39 is 11.6 Å². The van der Waals surface area contributed by atoms with Crippen LogP contribution in [0.5, 0.6) is 0 Å². The highest BCUT2D eigenvalue weighted by Gasteiger charge is 2.30. The fraction of sp³-hybridized carbons (Fsp3) is 0.391. The van der Waals surface area contributed by atoms with E-state index >= 15 is 0 Å². The van der Waals surface area contributed by atoms with Gasteiger partial charge in [0.15, 0.2) is 0 Å². The van der Waals surface area contributed by atoms with Gasteiger partial charge in [0.2, 0.25) is 0 Å². The molecule has 2 saturated heterocycles. The number of anilines is 1. The van der Waals surface area contributed by atoms with Crippen LogP contribution >= 0.6 is 0 Å². The van der Waals surface area contributed by atoms with E-state index in [4.69, 9.17) is 0 Å². The maximum Gasteiger partial charge on any atom is 0.317 e. The summed E-state index contributed by atoms with van der Waals surface area (Å²) in [6.07, 6.45) is 6.38. The number of hydrogen-bond donors (Lipinski definition) is 2. The van der Waals surface area contributed by atoms with E-state index in [-0.39, 0.29) is 12.1 Å². The van der Waals surface area contributed by atoms with Crippen LogP contribution in [0.2, 0.25) is 0 Å². The lowest BCUT2D eigenvalue weighted by Gasteiger charge is -2.33. The maximum atomic E-state index is 14.1. The summed E-state index contributed by atoms with van der Waals surface area (Å²) in [5, 5.41) is 4.25. The molecule has 4 heterocycles. The van der Waals surface area contributed by atoms with Gasteiger partial charge in [-0.25, -0.2) is 18.6 Å². The normalized spacial score (nSPS) is 19.9. The van der Waals surface area contributed by atoms with Crippen molar-refractivity contribution in [1.82, 2.24) is 20.2 Å². The zero-order valence-corrected chi connectivity index (χ0v) is 17.2. The van der Waals surface area contributed by atoms with E-state index in [1.54, 1.807) is 6.20 Å². The Morgan fingerprint density at radius 2 is 1.97 bits per heavy atom. The van der Waals surface area contributed by atoms with Crippen LogP contribution in [0, 0.1) is 11.6 Å². The Labute approximate surface area is 179 Å². The van der Waals surface area contributed by atoms with Crippen molar-refractivity contribution in [3.8, 4) is 0 Å². The van der Waals surface area contributed by atoms with Crippen LogP contribution in [-0.4, -0.2) is 53.1 Å². The van der Waals surface area contributed by atoms with E-state index in [9.17, 15) is 13.6 Å². The molecule has 0 spiro atoms. The maximum absolute atomic E-state index is 14.1. The number of hydrogen-bond acceptors (Lipinski definition) is 3. The monoisotopic (exact) mass is 425 g/mol. The molecule has 0 saturated carbocycles. The van der Waals surface area contributed by atoms with Gasteiger partial charge < -0.3 is 20.1 Å². The smallest absolute Gasteiger partial charge is 0.317 e. The first-order valence-corrected chi connectivity index (χ1v) is 10.8. The Morgan fingerprint density at radius 1 is 1.13 bits per heavy atom. The summed E-state index contributed by atoms with van der Waals surface area (Å²) < 4.78 is 27.2. The molecule has 1 unspecified atom stereocenters. The van der Waals surface area contributed by atoms with E-state index in [0.717, 1.165) is 36.4 Å². The minimum absolute atomic E-state index is 0.0469. The number of nitrogens with zero attached hydrogens (tertiary/aromatic N) is 3. The standard InChI is InChI=1S/C23H25F2N5O/c24-16-3-4-21(20(25)12-16)30-11-7-17(14-30)28-23(31)29-9-5-15(6-10-29)19-13-27-22-18(19)2-1-8-26-22/h1-4,8,12-13,15,17H,5-7,9-11,14H2,(H,26,27)(H,28,31). The van der Waals surface area contributed by atoms with Crippen molar-refractivity contribution >= 4 is 22.8 Å². The average Bonchev–Trinajstić information content (AvgIpc) is 3.41. The number of rotatable bonds is 3. The van der Waals surface area contributed by atoms with Crippen LogP contribution in [0.3, 0.4) is 0 Å². The number of carbonyl (C=O) groups excluding carboxylic acids is 1. The second-order valence-electron chi connectivity index (χ2n) is 8.38. The molecule has 1 aromatic carbocycles. The summed E-state index contributed by atoms with van der Waals surface area (Å²) in [7, 11) is 0. The van der Waals surface area contributed by atoms with Gasteiger partial charge in [0.1, 0.15) is 17.3 Å². The number of urea groups is 1. The molecule has 3 aromatic rings. The highest BCUT2D eigenvalue weighted by atomic mass is 19.1. The third-order valence-electron chi connectivity index (χ3n) is 6.47. The highest BCUT2D eigenvalue weighted by molar-refractivity contribution is 5.80. The van der Waals surface area contributed by atoms with Gasteiger partial charge in [0, 0.05) is 56.1 Å². The zero-order chi connectivity index (χ0) is 21.4. The van der Waals surface area contributed by atoms with Gasteiger partial charge >= 0.3 is 6.03 Å². The molecule has 1 atom stereocenters. The Balaban J connectivity index is 1.15. The van der Waals surface area contributed by atoms with Crippen molar-refractivity contribution < 1.29 is 13.6 Å². The highest BCUT2D eigenvalue weighted by Crippen LogP contribution is 2.32. The van der Waals surface area contributed by atoms with Gasteiger partial charge in [0.05, 0.1) is 5.69 Å². The quantitative estimate of drug-likeness (QED) is 0.667. The van der Waals surface area contributed by atoms with Gasteiger partial charge in [-0.15, -0.1) is 0 Å². The summed E-state index contributed by atoms with van der Waals surface area (Å²) in [5.74, 6) is -0.746. The number of aromatic nitrogens is 2. The SMILES string of the molecule is O=C(NC1CCN(c2ccc(F)cc2F)C1)N1CCC(c2c[nH]c3ncccc23)CC1. The molecular weight excluding hydrogens is 400 g/mol. The number of piperidine rings is 1. The number of nitrogens with one attached hydrogen (secondary N) is 2. The summed E-state index contributed by atoms with van der Waals surface area (Å²) in [5.41, 5.74) is 2.56. The lowest BCUT2D eigenvalue weighted by atomic mass is 9.89. The van der Waals surface area contributed by atoms with Crippen molar-refractivity contribution in [2.24, 2.45) is 0 Å². The van der Waals surface area contributed by atoms with Crippen LogP contribution in [0.15, 0.2) is 42.7 Å². The van der Waals surface area contributed by atoms with Crippen LogP contribution < -0.4 is 10.2 Å². The summed E-state index contributed by atoms with van der Waals surface area (Å²) >= 11 is 0. The fourth-order valence-electron chi connectivity index (χ4n) is 4.81. The van der Waals surface area contributed by atoms with Crippen LogP contribution in [0.4, 0.5) is 19.3 Å². The summed E-state index contributed by atoms with van der Waals surface area (Å²) in [4.78, 5) is 24.1. The van der Waals surface area contributed by atoms with Gasteiger partial charge in [-0.3, -0.25) is 0 Å². The first-order chi connectivity index (χ1) is 15.1. The van der Waals surface area contributed by atoms with Crippen LogP contribution in [0.25, 0.3) is 11.0 Å². The largest absolute Gasteiger partial charge is 0.367 e. The molecule has 2 fully saturated rings. The number of amides is 2. The molecule has 2 aromatic heterocycles. The van der Waals surface area contributed by atoms with Crippen molar-refractivity contribution in [3.63, 3.8) is 0 Å². The minimum Gasteiger partial charge on any atom is -0.367 e. The van der Waals surface area contributed by atoms with Crippen LogP contribution in [0.1, 0.15) is 30.7 Å². The first kappa shape index (κ1) is 19.8. The first-order valence-electron chi connectivity index (χ1n) is 10.8. The predicted octanol–water partition coefficient (Wildman–Crippen LogP) is 4.01. The number of benzene rings is 1. The zero-order valence-electron chi connectivity index (χ0n) is 17.2. The van der Waals surface area contributed by atoms with E-state index in [1.165, 1.54) is 17.7 Å². The third kappa shape index (κ3) is 3.94. The van der Waals surface area contributed by atoms with Gasteiger partial charge in [-0.1, -0.05) is 0 Å². The molecule has 162 valence electrons. The second kappa shape index (κ2) is 8.17. The Morgan fingerprint density at radius 3 is 2.77 bits per heavy atom. The molecule has 31 heavy (non-hydrogen) atoms. The summed E-state index contributed by atoms with van der Waals surface area (Å²) in [6.45, 7) is 2.55. The fourth-order valence-corrected chi connectivity index (χ4v) is 4.81. The Bertz CT molecular complexity index is 1090. The molecular formula is C23H25F2N5O. The molecule has 0 radical (unpaired) electrons. The molecule has 0 aliphatic carbocycles. The van der Waals surface area contributed by atoms with Crippen molar-refractivity contribution in [2.75, 3.05) is 31.1 Å². The lowest BCUT2D eigenvalue weighted by Crippen LogP contribution is -2.48. The number of aromatic amines is 1. The number of likely N-dealkylation sites (tertiary alicyclic amines) is 1. The molecule has 2 aliphatic heterocycles. The van der Waals surface area contributed by atoms with Gasteiger partial charge in [-0.2, -0.15) is 0 Å². The van der Waals surface area contributed by atoms with Gasteiger partial charge in [-0.05, 0) is 55.0 Å². The van der Waals surface area contributed by atoms with Crippen molar-refractivity contribution in [2.45, 2.75) is 31.2 Å². The Kier molecular flexibility index (Phi) is 5.21. The number of pyridine rings is 1. The van der Waals surface area contributed by atoms with E-state index in [2.05, 4.69) is 21.4 Å². The minimum atomic E-state index is -0.586. The number of halogens is 2. The van der Waals surface area contributed by atoms with Crippen molar-refractivity contribution in [1.29, 1.82) is 0 Å². The predicted molar refractivity (Wildman–Crippen MR) is 115 cm³/mol. The van der Waals surface area contributed by atoms with Crippen molar-refractivity contribution in [3.05, 3.63) is 59.9 Å². The molecule has 8 heteroatoms. The number of fused-ring (bicyclic) bond motifs is 1. The molecule has 5 rings (SSSR count). The average molecular weight is 425 g/mol. The molecule has 2 aliphatic rings. The molecule has 2 amide bonds. The van der Waals surface area contributed by atoms with E-state index in [0.29, 0.717) is 37.8 Å². The second-order valence-corrected chi connectivity index (χ2v) is 8.38. The van der Waals surface area contributed by atoms with Crippen LogP contribution in [-0.2, 0) is 0 Å². The summed E-state index contributed by atoms with van der Waals surface area (Å²) in [6, 6.07) is 7.54. The topological polar surface area (TPSA) is 64.3 Å². The van der Waals surface area contributed by atoms with Gasteiger partial charge in [0.25, 0.3) is 0 Å².